The molecule has 0 bridgehead atoms. The first-order chi connectivity index (χ1) is 22.3. The predicted molar refractivity (Wildman–Crippen MR) is 188 cm³/mol. The Bertz CT molecular complexity index is 2760. The number of furan rings is 1. The Kier molecular flexibility index (Phi) is 5.00. The van der Waals surface area contributed by atoms with Crippen molar-refractivity contribution in [1.82, 2.24) is 9.55 Å². The first-order valence-corrected chi connectivity index (χ1v) is 15.4. The second kappa shape index (κ2) is 9.22. The van der Waals surface area contributed by atoms with Crippen LogP contribution in [0.2, 0.25) is 0 Å². The number of hydrogen-bond acceptors (Lipinski definition) is 1. The fraction of sp³-hybridized carbons (Fsp3) is 0. The number of nitrogens with one attached hydrogen (secondary N) is 1. The highest BCUT2D eigenvalue weighted by molar-refractivity contribution is 6.23. The third-order valence-corrected chi connectivity index (χ3v) is 9.32. The molecule has 0 saturated carbocycles. The Labute approximate surface area is 258 Å². The maximum atomic E-state index is 6.63. The average Bonchev–Trinajstić information content (AvgIpc) is 3.78. The molecule has 0 atom stereocenters. The van der Waals surface area contributed by atoms with Crippen molar-refractivity contribution in [3.8, 4) is 27.9 Å². The van der Waals surface area contributed by atoms with Gasteiger partial charge in [-0.05, 0) is 53.1 Å². The molecule has 3 aromatic heterocycles. The zero-order valence-corrected chi connectivity index (χ0v) is 24.3. The van der Waals surface area contributed by atoms with Crippen molar-refractivity contribution in [2.45, 2.75) is 0 Å². The van der Waals surface area contributed by atoms with Crippen molar-refractivity contribution >= 4 is 65.6 Å². The molecule has 0 fully saturated rings. The Hall–Kier alpha value is -6.06. The molecule has 1 N–H and O–H groups in total. The van der Waals surface area contributed by atoms with Gasteiger partial charge in [0.1, 0.15) is 11.2 Å². The summed E-state index contributed by atoms with van der Waals surface area (Å²) in [6.07, 6.45) is 0. The zero-order chi connectivity index (χ0) is 29.5. The van der Waals surface area contributed by atoms with Crippen molar-refractivity contribution in [3.05, 3.63) is 152 Å². The molecule has 0 spiro atoms. The van der Waals surface area contributed by atoms with Crippen molar-refractivity contribution in [2.75, 3.05) is 0 Å². The molecule has 3 nitrogen and oxygen atoms in total. The monoisotopic (exact) mass is 574 g/mol. The summed E-state index contributed by atoms with van der Waals surface area (Å²) in [6, 6.07) is 54.2. The second-order valence-corrected chi connectivity index (χ2v) is 11.8. The summed E-state index contributed by atoms with van der Waals surface area (Å²) in [5.74, 6) is 0. The van der Waals surface area contributed by atoms with E-state index in [4.69, 9.17) is 4.42 Å². The van der Waals surface area contributed by atoms with Crippen LogP contribution in [0.5, 0.6) is 0 Å². The van der Waals surface area contributed by atoms with Gasteiger partial charge >= 0.3 is 0 Å². The van der Waals surface area contributed by atoms with Gasteiger partial charge in [-0.2, -0.15) is 0 Å². The first kappa shape index (κ1) is 24.4. The number of H-pyrrole nitrogens is 1. The van der Waals surface area contributed by atoms with E-state index in [1.54, 1.807) is 0 Å². The van der Waals surface area contributed by atoms with Crippen LogP contribution >= 0.6 is 0 Å². The van der Waals surface area contributed by atoms with E-state index in [1.165, 1.54) is 43.7 Å². The molecule has 0 radical (unpaired) electrons. The number of nitrogens with zero attached hydrogens (tertiary/aromatic N) is 1. The summed E-state index contributed by atoms with van der Waals surface area (Å²) in [6.45, 7) is 0. The fourth-order valence-electron chi connectivity index (χ4n) is 7.29. The summed E-state index contributed by atoms with van der Waals surface area (Å²) < 4.78 is 9.06. The van der Waals surface area contributed by atoms with E-state index in [0.29, 0.717) is 0 Å². The van der Waals surface area contributed by atoms with Gasteiger partial charge in [-0.1, -0.05) is 115 Å². The largest absolute Gasteiger partial charge is 0.455 e. The molecule has 0 aliphatic heterocycles. The molecule has 3 heterocycles. The van der Waals surface area contributed by atoms with Crippen LogP contribution in [-0.4, -0.2) is 9.55 Å². The number of para-hydroxylation sites is 3. The molecular formula is C42H26N2O. The molecule has 7 aromatic carbocycles. The van der Waals surface area contributed by atoms with Crippen molar-refractivity contribution in [2.24, 2.45) is 0 Å². The fourth-order valence-corrected chi connectivity index (χ4v) is 7.29. The third kappa shape index (κ3) is 3.52. The topological polar surface area (TPSA) is 33.9 Å². The van der Waals surface area contributed by atoms with Crippen LogP contribution in [0.4, 0.5) is 0 Å². The number of benzene rings is 7. The number of aromatic amines is 1. The van der Waals surface area contributed by atoms with E-state index in [1.807, 2.05) is 6.07 Å². The molecule has 45 heavy (non-hydrogen) atoms. The maximum absolute atomic E-state index is 6.63. The SMILES string of the molecule is c1ccc(-c2cccc(-c3cc(-n4c5ccccc5c5ccc6c7ccccc7[nH]c6c54)cc4c3oc3ccccc34)c2)cc1. The van der Waals surface area contributed by atoms with Crippen LogP contribution in [0.15, 0.2) is 156 Å². The van der Waals surface area contributed by atoms with E-state index in [2.05, 4.69) is 155 Å². The van der Waals surface area contributed by atoms with E-state index < -0.39 is 0 Å². The van der Waals surface area contributed by atoms with Crippen LogP contribution in [0.3, 0.4) is 0 Å². The number of rotatable bonds is 3. The highest BCUT2D eigenvalue weighted by atomic mass is 16.3. The van der Waals surface area contributed by atoms with Crippen molar-refractivity contribution in [1.29, 1.82) is 0 Å². The van der Waals surface area contributed by atoms with E-state index in [0.717, 1.165) is 49.8 Å². The van der Waals surface area contributed by atoms with Crippen LogP contribution in [0.25, 0.3) is 93.5 Å². The Balaban J connectivity index is 1.34. The van der Waals surface area contributed by atoms with Gasteiger partial charge in [0.25, 0.3) is 0 Å². The normalized spacial score (nSPS) is 12.0. The minimum absolute atomic E-state index is 0.894. The lowest BCUT2D eigenvalue weighted by Crippen LogP contribution is -1.96. The molecule has 0 aliphatic carbocycles. The van der Waals surface area contributed by atoms with Crippen LogP contribution < -0.4 is 0 Å². The zero-order valence-electron chi connectivity index (χ0n) is 24.3. The maximum Gasteiger partial charge on any atom is 0.143 e. The molecule has 0 unspecified atom stereocenters. The molecule has 0 amide bonds. The summed E-state index contributed by atoms with van der Waals surface area (Å²) in [4.78, 5) is 3.79. The predicted octanol–water partition coefficient (Wildman–Crippen LogP) is 11.7. The number of fused-ring (bicyclic) bond motifs is 10. The summed E-state index contributed by atoms with van der Waals surface area (Å²) in [5.41, 5.74) is 12.1. The van der Waals surface area contributed by atoms with E-state index >= 15 is 0 Å². The Morgan fingerprint density at radius 1 is 0.467 bits per heavy atom. The molecule has 210 valence electrons. The lowest BCUT2D eigenvalue weighted by molar-refractivity contribution is 0.670. The summed E-state index contributed by atoms with van der Waals surface area (Å²) in [7, 11) is 0. The molecule has 10 rings (SSSR count). The van der Waals surface area contributed by atoms with Crippen molar-refractivity contribution < 1.29 is 4.42 Å². The van der Waals surface area contributed by atoms with Gasteiger partial charge < -0.3 is 14.0 Å². The molecule has 0 saturated heterocycles. The van der Waals surface area contributed by atoms with Crippen LogP contribution in [0.1, 0.15) is 0 Å². The van der Waals surface area contributed by atoms with Gasteiger partial charge in [-0.15, -0.1) is 0 Å². The van der Waals surface area contributed by atoms with Crippen LogP contribution in [-0.2, 0) is 0 Å². The Morgan fingerprint density at radius 3 is 2.09 bits per heavy atom. The number of aromatic nitrogens is 2. The van der Waals surface area contributed by atoms with Gasteiger partial charge in [0.05, 0.1) is 16.6 Å². The van der Waals surface area contributed by atoms with Gasteiger partial charge in [0.2, 0.25) is 0 Å². The van der Waals surface area contributed by atoms with Gasteiger partial charge in [-0.25, -0.2) is 0 Å². The number of hydrogen-bond donors (Lipinski definition) is 1. The van der Waals surface area contributed by atoms with Crippen molar-refractivity contribution in [3.63, 3.8) is 0 Å². The van der Waals surface area contributed by atoms with E-state index in [-0.39, 0.29) is 0 Å². The van der Waals surface area contributed by atoms with Crippen LogP contribution in [0, 0.1) is 0 Å². The standard InChI is InChI=1S/C42H26N2O/c1-2-11-26(12-3-1)27-13-10-14-28(23-27)35-24-29(25-36-32-17-6-9-20-39(32)45-42(35)36)44-38-19-8-5-16-31(38)34-22-21-33-30-15-4-7-18-37(30)43-40(33)41(34)44/h1-25,43H. The highest BCUT2D eigenvalue weighted by Crippen LogP contribution is 2.43. The first-order valence-electron chi connectivity index (χ1n) is 15.4. The quantitative estimate of drug-likeness (QED) is 0.224. The van der Waals surface area contributed by atoms with Gasteiger partial charge in [-0.3, -0.25) is 0 Å². The van der Waals surface area contributed by atoms with Gasteiger partial charge in [0, 0.05) is 49.1 Å². The second-order valence-electron chi connectivity index (χ2n) is 11.8. The molecule has 10 aromatic rings. The molecule has 0 aliphatic rings. The lowest BCUT2D eigenvalue weighted by atomic mass is 9.97. The van der Waals surface area contributed by atoms with E-state index in [9.17, 15) is 0 Å². The minimum atomic E-state index is 0.894. The third-order valence-electron chi connectivity index (χ3n) is 9.32. The molecular weight excluding hydrogens is 548 g/mol. The highest BCUT2D eigenvalue weighted by Gasteiger charge is 2.21. The molecule has 3 heteroatoms. The minimum Gasteiger partial charge on any atom is -0.455 e. The average molecular weight is 575 g/mol. The summed E-state index contributed by atoms with van der Waals surface area (Å²) in [5, 5.41) is 7.16. The van der Waals surface area contributed by atoms with Gasteiger partial charge in [0.15, 0.2) is 0 Å². The lowest BCUT2D eigenvalue weighted by Gasteiger charge is -2.13. The smallest absolute Gasteiger partial charge is 0.143 e. The summed E-state index contributed by atoms with van der Waals surface area (Å²) >= 11 is 0. The Morgan fingerprint density at radius 2 is 1.18 bits per heavy atom.